The summed E-state index contributed by atoms with van der Waals surface area (Å²) < 4.78 is 5.13. The van der Waals surface area contributed by atoms with Crippen LogP contribution in [0.5, 0.6) is 0 Å². The second kappa shape index (κ2) is 5.50. The van der Waals surface area contributed by atoms with Gasteiger partial charge in [-0.25, -0.2) is 0 Å². The number of nitro groups is 2. The van der Waals surface area contributed by atoms with Crippen LogP contribution in [-0.2, 0) is 4.74 Å². The molecule has 0 N–H and O–H groups in total. The van der Waals surface area contributed by atoms with Crippen LogP contribution in [0, 0.1) is 31.6 Å². The van der Waals surface area contributed by atoms with Crippen LogP contribution < -0.4 is 4.90 Å². The molecule has 0 spiro atoms. The van der Waals surface area contributed by atoms with E-state index in [1.807, 2.05) is 0 Å². The molecule has 0 bridgehead atoms. The lowest BCUT2D eigenvalue weighted by molar-refractivity contribution is -0.392. The molecule has 0 aromatic heterocycles. The van der Waals surface area contributed by atoms with Crippen LogP contribution in [0.2, 0.25) is 0 Å². The minimum Gasteiger partial charge on any atom is -0.378 e. The maximum atomic E-state index is 11.1. The SMILES string of the molecule is N#Cc1cc([N+](=O)[O-])c(N2CCOCC2)c([N+](=O)[O-])c1. The van der Waals surface area contributed by atoms with Crippen molar-refractivity contribution in [2.75, 3.05) is 31.2 Å². The fourth-order valence-electron chi connectivity index (χ4n) is 2.06. The highest BCUT2D eigenvalue weighted by molar-refractivity contribution is 5.77. The molecular formula is C11H10N4O5. The summed E-state index contributed by atoms with van der Waals surface area (Å²) in [5.41, 5.74) is -1.04. The van der Waals surface area contributed by atoms with E-state index in [2.05, 4.69) is 0 Å². The Morgan fingerprint density at radius 1 is 1.15 bits per heavy atom. The summed E-state index contributed by atoms with van der Waals surface area (Å²) >= 11 is 0. The number of morpholine rings is 1. The highest BCUT2D eigenvalue weighted by Gasteiger charge is 2.31. The molecule has 1 aliphatic heterocycles. The number of nitro benzene ring substituents is 2. The van der Waals surface area contributed by atoms with Crippen LogP contribution in [0.3, 0.4) is 0 Å². The second-order valence-corrected chi connectivity index (χ2v) is 4.09. The summed E-state index contributed by atoms with van der Waals surface area (Å²) in [6, 6.07) is 3.80. The Bertz CT molecular complexity index is 568. The molecule has 0 atom stereocenters. The molecule has 20 heavy (non-hydrogen) atoms. The summed E-state index contributed by atoms with van der Waals surface area (Å²) in [5, 5.41) is 31.1. The smallest absolute Gasteiger partial charge is 0.300 e. The average Bonchev–Trinajstić information content (AvgIpc) is 2.46. The Kier molecular flexibility index (Phi) is 3.76. The molecule has 0 aliphatic carbocycles. The van der Waals surface area contributed by atoms with E-state index in [4.69, 9.17) is 10.00 Å². The molecule has 9 heteroatoms. The van der Waals surface area contributed by atoms with E-state index in [1.165, 1.54) is 0 Å². The van der Waals surface area contributed by atoms with Gasteiger partial charge in [-0.05, 0) is 0 Å². The van der Waals surface area contributed by atoms with Crippen molar-refractivity contribution in [3.63, 3.8) is 0 Å². The number of hydrogen-bond donors (Lipinski definition) is 0. The van der Waals surface area contributed by atoms with Crippen molar-refractivity contribution < 1.29 is 14.6 Å². The van der Waals surface area contributed by atoms with Gasteiger partial charge >= 0.3 is 11.4 Å². The van der Waals surface area contributed by atoms with E-state index in [1.54, 1.807) is 11.0 Å². The van der Waals surface area contributed by atoms with E-state index < -0.39 is 21.2 Å². The minimum absolute atomic E-state index is 0.0673. The predicted octanol–water partition coefficient (Wildman–Crippen LogP) is 1.21. The van der Waals surface area contributed by atoms with Gasteiger partial charge < -0.3 is 9.64 Å². The molecule has 1 heterocycles. The van der Waals surface area contributed by atoms with Crippen LogP contribution >= 0.6 is 0 Å². The third-order valence-corrected chi connectivity index (χ3v) is 2.92. The van der Waals surface area contributed by atoms with Crippen molar-refractivity contribution in [3.8, 4) is 6.07 Å². The van der Waals surface area contributed by atoms with E-state index >= 15 is 0 Å². The maximum Gasteiger partial charge on any atom is 0.300 e. The third kappa shape index (κ3) is 2.50. The first-order chi connectivity index (χ1) is 9.54. The molecule has 1 aliphatic rings. The zero-order chi connectivity index (χ0) is 14.7. The Morgan fingerprint density at radius 3 is 2.05 bits per heavy atom. The van der Waals surface area contributed by atoms with Crippen molar-refractivity contribution in [1.29, 1.82) is 5.26 Å². The molecule has 1 aromatic rings. The van der Waals surface area contributed by atoms with Crippen molar-refractivity contribution in [1.82, 2.24) is 0 Å². The molecule has 0 saturated carbocycles. The molecule has 1 saturated heterocycles. The van der Waals surface area contributed by atoms with Crippen molar-refractivity contribution in [2.24, 2.45) is 0 Å². The van der Waals surface area contributed by atoms with Crippen molar-refractivity contribution in [3.05, 3.63) is 37.9 Å². The Labute approximate surface area is 113 Å². The van der Waals surface area contributed by atoms with Gasteiger partial charge in [-0.3, -0.25) is 20.2 Å². The lowest BCUT2D eigenvalue weighted by Gasteiger charge is -2.28. The van der Waals surface area contributed by atoms with Crippen LogP contribution in [0.15, 0.2) is 12.1 Å². The summed E-state index contributed by atoms with van der Waals surface area (Å²) in [7, 11) is 0. The largest absolute Gasteiger partial charge is 0.378 e. The molecule has 2 rings (SSSR count). The van der Waals surface area contributed by atoms with Crippen LogP contribution in [0.4, 0.5) is 17.1 Å². The minimum atomic E-state index is -0.710. The second-order valence-electron chi connectivity index (χ2n) is 4.09. The van der Waals surface area contributed by atoms with E-state index in [0.29, 0.717) is 26.3 Å². The molecule has 0 unspecified atom stereocenters. The maximum absolute atomic E-state index is 11.1. The molecule has 104 valence electrons. The Morgan fingerprint density at radius 2 is 1.65 bits per heavy atom. The quantitative estimate of drug-likeness (QED) is 0.601. The molecular weight excluding hydrogens is 268 g/mol. The molecule has 0 amide bonds. The highest BCUT2D eigenvalue weighted by atomic mass is 16.6. The Balaban J connectivity index is 2.64. The van der Waals surface area contributed by atoms with Gasteiger partial charge in [0.15, 0.2) is 5.69 Å². The van der Waals surface area contributed by atoms with Gasteiger partial charge in [-0.1, -0.05) is 0 Å². The monoisotopic (exact) mass is 278 g/mol. The lowest BCUT2D eigenvalue weighted by atomic mass is 10.1. The highest BCUT2D eigenvalue weighted by Crippen LogP contribution is 2.38. The summed E-state index contributed by atoms with van der Waals surface area (Å²) in [6.45, 7) is 1.34. The first-order valence-corrected chi connectivity index (χ1v) is 5.74. The first kappa shape index (κ1) is 13.7. The normalized spacial score (nSPS) is 14.7. The number of anilines is 1. The summed E-state index contributed by atoms with van der Waals surface area (Å²) in [4.78, 5) is 22.4. The fourth-order valence-corrected chi connectivity index (χ4v) is 2.06. The number of rotatable bonds is 3. The predicted molar refractivity (Wildman–Crippen MR) is 67.5 cm³/mol. The average molecular weight is 278 g/mol. The van der Waals surface area contributed by atoms with Gasteiger partial charge in [0.05, 0.1) is 34.7 Å². The van der Waals surface area contributed by atoms with Gasteiger partial charge in [0, 0.05) is 25.2 Å². The van der Waals surface area contributed by atoms with E-state index in [9.17, 15) is 20.2 Å². The lowest BCUT2D eigenvalue weighted by Crippen LogP contribution is -2.37. The Hall–Kier alpha value is -2.73. The van der Waals surface area contributed by atoms with Crippen LogP contribution in [0.25, 0.3) is 0 Å². The number of nitrogens with zero attached hydrogens (tertiary/aromatic N) is 4. The molecule has 1 fully saturated rings. The van der Waals surface area contributed by atoms with Gasteiger partial charge in [0.1, 0.15) is 0 Å². The topological polar surface area (TPSA) is 123 Å². The van der Waals surface area contributed by atoms with Gasteiger partial charge in [-0.15, -0.1) is 0 Å². The van der Waals surface area contributed by atoms with E-state index in [-0.39, 0.29) is 11.3 Å². The fraction of sp³-hybridized carbons (Fsp3) is 0.364. The number of nitriles is 1. The van der Waals surface area contributed by atoms with Crippen molar-refractivity contribution in [2.45, 2.75) is 0 Å². The summed E-state index contributed by atoms with van der Waals surface area (Å²) in [5.74, 6) is 0. The van der Waals surface area contributed by atoms with Gasteiger partial charge in [0.2, 0.25) is 0 Å². The zero-order valence-electron chi connectivity index (χ0n) is 10.3. The van der Waals surface area contributed by atoms with Crippen LogP contribution in [-0.4, -0.2) is 36.1 Å². The van der Waals surface area contributed by atoms with Gasteiger partial charge in [-0.2, -0.15) is 5.26 Å². The van der Waals surface area contributed by atoms with Gasteiger partial charge in [0.25, 0.3) is 0 Å². The van der Waals surface area contributed by atoms with Crippen LogP contribution in [0.1, 0.15) is 5.56 Å². The van der Waals surface area contributed by atoms with E-state index in [0.717, 1.165) is 12.1 Å². The number of hydrogen-bond acceptors (Lipinski definition) is 7. The van der Waals surface area contributed by atoms with Crippen molar-refractivity contribution >= 4 is 17.1 Å². The molecule has 1 aromatic carbocycles. The first-order valence-electron chi connectivity index (χ1n) is 5.74. The number of ether oxygens (including phenoxy) is 1. The molecule has 0 radical (unpaired) electrons. The number of benzene rings is 1. The standard InChI is InChI=1S/C11H10N4O5/c12-7-8-5-9(14(16)17)11(10(6-8)15(18)19)13-1-3-20-4-2-13/h5-6H,1-4H2. The molecule has 9 nitrogen and oxygen atoms in total. The summed E-state index contributed by atoms with van der Waals surface area (Å²) in [6.07, 6.45) is 0. The third-order valence-electron chi connectivity index (χ3n) is 2.92. The zero-order valence-corrected chi connectivity index (χ0v) is 10.3.